The summed E-state index contributed by atoms with van der Waals surface area (Å²) in [4.78, 5) is 0. The molecule has 0 N–H and O–H groups in total. The van der Waals surface area contributed by atoms with Crippen LogP contribution in [-0.2, 0) is 16.1 Å². The molecule has 2 nitrogen and oxygen atoms in total. The normalized spacial score (nSPS) is 25.6. The molecular weight excluding hydrogens is 200 g/mol. The van der Waals surface area contributed by atoms with Crippen LogP contribution in [0.1, 0.15) is 25.3 Å². The second kappa shape index (κ2) is 6.02. The van der Waals surface area contributed by atoms with Crippen LogP contribution in [0.3, 0.4) is 0 Å². The summed E-state index contributed by atoms with van der Waals surface area (Å²) in [5.74, 6) is 0.583. The maximum Gasteiger partial charge on any atom is 0.0717 e. The van der Waals surface area contributed by atoms with Gasteiger partial charge in [0, 0.05) is 5.92 Å². The maximum atomic E-state index is 5.71. The summed E-state index contributed by atoms with van der Waals surface area (Å²) < 4.78 is 11.3. The highest BCUT2D eigenvalue weighted by Crippen LogP contribution is 2.19. The average Bonchev–Trinajstić information content (AvgIpc) is 2.33. The van der Waals surface area contributed by atoms with Gasteiger partial charge in [0.2, 0.25) is 0 Å². The molecule has 0 spiro atoms. The van der Waals surface area contributed by atoms with Crippen molar-refractivity contribution in [3.63, 3.8) is 0 Å². The molecular formula is C14H20O2. The summed E-state index contributed by atoms with van der Waals surface area (Å²) in [6.07, 6.45) is 2.83. The molecule has 0 aromatic heterocycles. The first-order chi connectivity index (χ1) is 7.84. The van der Waals surface area contributed by atoms with Crippen LogP contribution in [0, 0.1) is 5.92 Å². The fraction of sp³-hybridized carbons (Fsp3) is 0.571. The van der Waals surface area contributed by atoms with Crippen LogP contribution in [0.5, 0.6) is 0 Å². The summed E-state index contributed by atoms with van der Waals surface area (Å²) in [6, 6.07) is 10.3. The lowest BCUT2D eigenvalue weighted by atomic mass is 10.00. The van der Waals surface area contributed by atoms with Gasteiger partial charge in [-0.2, -0.15) is 0 Å². The van der Waals surface area contributed by atoms with Crippen molar-refractivity contribution in [3.05, 3.63) is 35.9 Å². The monoisotopic (exact) mass is 220 g/mol. The summed E-state index contributed by atoms with van der Waals surface area (Å²) >= 11 is 0. The second-order valence-corrected chi connectivity index (χ2v) is 4.59. The molecule has 2 heteroatoms. The zero-order valence-electron chi connectivity index (χ0n) is 9.89. The van der Waals surface area contributed by atoms with Gasteiger partial charge in [0.25, 0.3) is 0 Å². The average molecular weight is 220 g/mol. The first kappa shape index (κ1) is 11.6. The van der Waals surface area contributed by atoms with Crippen molar-refractivity contribution < 1.29 is 9.47 Å². The minimum Gasteiger partial charge on any atom is -0.378 e. The Balaban J connectivity index is 1.65. The van der Waals surface area contributed by atoms with Gasteiger partial charge >= 0.3 is 0 Å². The molecule has 1 fully saturated rings. The third kappa shape index (κ3) is 3.62. The Morgan fingerprint density at radius 3 is 2.75 bits per heavy atom. The summed E-state index contributed by atoms with van der Waals surface area (Å²) in [7, 11) is 0. The van der Waals surface area contributed by atoms with Crippen LogP contribution in [0.2, 0.25) is 0 Å². The number of benzene rings is 1. The van der Waals surface area contributed by atoms with E-state index >= 15 is 0 Å². The van der Waals surface area contributed by atoms with Crippen molar-refractivity contribution in [1.29, 1.82) is 0 Å². The minimum atomic E-state index is 0.436. The molecule has 2 unspecified atom stereocenters. The van der Waals surface area contributed by atoms with E-state index < -0.39 is 0 Å². The van der Waals surface area contributed by atoms with Gasteiger partial charge in [0.1, 0.15) is 0 Å². The van der Waals surface area contributed by atoms with Crippen LogP contribution in [0.4, 0.5) is 0 Å². The molecule has 1 aromatic carbocycles. The number of hydrogen-bond donors (Lipinski definition) is 0. The van der Waals surface area contributed by atoms with Gasteiger partial charge in [0.05, 0.1) is 25.9 Å². The Morgan fingerprint density at radius 1 is 1.25 bits per heavy atom. The molecule has 1 aromatic rings. The SMILES string of the molecule is CC1CCC(COCc2ccccc2)CO1. The Bertz CT molecular complexity index is 289. The van der Waals surface area contributed by atoms with E-state index in [0.717, 1.165) is 13.2 Å². The molecule has 1 aliphatic rings. The van der Waals surface area contributed by atoms with Crippen molar-refractivity contribution >= 4 is 0 Å². The van der Waals surface area contributed by atoms with Crippen LogP contribution in [0.25, 0.3) is 0 Å². The number of hydrogen-bond acceptors (Lipinski definition) is 2. The molecule has 2 rings (SSSR count). The predicted octanol–water partition coefficient (Wildman–Crippen LogP) is 3.02. The van der Waals surface area contributed by atoms with Crippen molar-refractivity contribution in [2.75, 3.05) is 13.2 Å². The number of rotatable bonds is 4. The largest absolute Gasteiger partial charge is 0.378 e. The second-order valence-electron chi connectivity index (χ2n) is 4.59. The van der Waals surface area contributed by atoms with Crippen molar-refractivity contribution in [2.24, 2.45) is 5.92 Å². The summed E-state index contributed by atoms with van der Waals surface area (Å²) in [5.41, 5.74) is 1.24. The maximum absolute atomic E-state index is 5.71. The van der Waals surface area contributed by atoms with Crippen LogP contribution < -0.4 is 0 Å². The van der Waals surface area contributed by atoms with Crippen LogP contribution in [0.15, 0.2) is 30.3 Å². The van der Waals surface area contributed by atoms with E-state index in [1.807, 2.05) is 18.2 Å². The van der Waals surface area contributed by atoms with Crippen LogP contribution in [-0.4, -0.2) is 19.3 Å². The van der Waals surface area contributed by atoms with Crippen molar-refractivity contribution in [2.45, 2.75) is 32.5 Å². The molecule has 1 saturated heterocycles. The zero-order chi connectivity index (χ0) is 11.2. The van der Waals surface area contributed by atoms with Crippen LogP contribution >= 0.6 is 0 Å². The predicted molar refractivity (Wildman–Crippen MR) is 64.2 cm³/mol. The fourth-order valence-electron chi connectivity index (χ4n) is 1.99. The van der Waals surface area contributed by atoms with E-state index in [1.165, 1.54) is 18.4 Å². The Kier molecular flexibility index (Phi) is 4.37. The lowest BCUT2D eigenvalue weighted by Gasteiger charge is -2.26. The van der Waals surface area contributed by atoms with E-state index in [1.54, 1.807) is 0 Å². The molecule has 0 amide bonds. The Labute approximate surface area is 97.6 Å². The summed E-state index contributed by atoms with van der Waals surface area (Å²) in [6.45, 7) is 4.53. The molecule has 0 radical (unpaired) electrons. The van der Waals surface area contributed by atoms with E-state index in [-0.39, 0.29) is 0 Å². The molecule has 88 valence electrons. The van der Waals surface area contributed by atoms with E-state index in [9.17, 15) is 0 Å². The molecule has 1 aliphatic heterocycles. The van der Waals surface area contributed by atoms with Gasteiger partial charge in [-0.25, -0.2) is 0 Å². The van der Waals surface area contributed by atoms with Gasteiger partial charge in [0.15, 0.2) is 0 Å². The quantitative estimate of drug-likeness (QED) is 0.776. The summed E-state index contributed by atoms with van der Waals surface area (Å²) in [5, 5.41) is 0. The lowest BCUT2D eigenvalue weighted by Crippen LogP contribution is -2.26. The zero-order valence-corrected chi connectivity index (χ0v) is 9.89. The third-order valence-electron chi connectivity index (χ3n) is 3.06. The van der Waals surface area contributed by atoms with Gasteiger partial charge < -0.3 is 9.47 Å². The first-order valence-corrected chi connectivity index (χ1v) is 6.08. The minimum absolute atomic E-state index is 0.436. The van der Waals surface area contributed by atoms with Gasteiger partial charge in [-0.1, -0.05) is 30.3 Å². The number of ether oxygens (including phenoxy) is 2. The lowest BCUT2D eigenvalue weighted by molar-refractivity contribution is -0.0366. The van der Waals surface area contributed by atoms with Crippen molar-refractivity contribution in [3.8, 4) is 0 Å². The Hall–Kier alpha value is -0.860. The van der Waals surface area contributed by atoms with E-state index in [4.69, 9.17) is 9.47 Å². The molecule has 16 heavy (non-hydrogen) atoms. The molecule has 2 atom stereocenters. The molecule has 0 aliphatic carbocycles. The Morgan fingerprint density at radius 2 is 2.06 bits per heavy atom. The standard InChI is InChI=1S/C14H20O2/c1-12-7-8-14(11-16-12)10-15-9-13-5-3-2-4-6-13/h2-6,12,14H,7-11H2,1H3. The van der Waals surface area contributed by atoms with Crippen molar-refractivity contribution in [1.82, 2.24) is 0 Å². The molecule has 1 heterocycles. The first-order valence-electron chi connectivity index (χ1n) is 6.08. The van der Waals surface area contributed by atoms with Gasteiger partial charge in [-0.05, 0) is 25.3 Å². The smallest absolute Gasteiger partial charge is 0.0717 e. The van der Waals surface area contributed by atoms with Gasteiger partial charge in [-0.3, -0.25) is 0 Å². The topological polar surface area (TPSA) is 18.5 Å². The highest BCUT2D eigenvalue weighted by molar-refractivity contribution is 5.13. The van der Waals surface area contributed by atoms with E-state index in [0.29, 0.717) is 18.6 Å². The fourth-order valence-corrected chi connectivity index (χ4v) is 1.99. The van der Waals surface area contributed by atoms with E-state index in [2.05, 4.69) is 19.1 Å². The third-order valence-corrected chi connectivity index (χ3v) is 3.06. The highest BCUT2D eigenvalue weighted by atomic mass is 16.5. The molecule has 0 saturated carbocycles. The van der Waals surface area contributed by atoms with Gasteiger partial charge in [-0.15, -0.1) is 0 Å². The highest BCUT2D eigenvalue weighted by Gasteiger charge is 2.18. The molecule has 0 bridgehead atoms.